The molecule has 1 unspecified atom stereocenters. The minimum Gasteiger partial charge on any atom is -0.497 e. The molecule has 24 heavy (non-hydrogen) atoms. The molecule has 0 heterocycles. The monoisotopic (exact) mass is 336 g/mol. The van der Waals surface area contributed by atoms with E-state index >= 15 is 0 Å². The van der Waals surface area contributed by atoms with Crippen LogP contribution in [0.2, 0.25) is 0 Å². The van der Waals surface area contributed by atoms with Gasteiger partial charge in [0.2, 0.25) is 0 Å². The number of esters is 1. The summed E-state index contributed by atoms with van der Waals surface area (Å²) in [6, 6.07) is 6.53. The summed E-state index contributed by atoms with van der Waals surface area (Å²) in [6.07, 6.45) is 0. The van der Waals surface area contributed by atoms with E-state index in [9.17, 15) is 14.4 Å². The SMILES string of the molecule is COc1cccc(C(=O)NCC(=O)OCC(=O)NC(C)C(C)C)c1. The predicted octanol–water partition coefficient (Wildman–Crippen LogP) is 1.13. The zero-order valence-corrected chi connectivity index (χ0v) is 14.4. The predicted molar refractivity (Wildman–Crippen MR) is 88.7 cm³/mol. The number of amides is 2. The fourth-order valence-electron chi connectivity index (χ4n) is 1.68. The summed E-state index contributed by atoms with van der Waals surface area (Å²) in [5, 5.41) is 5.15. The van der Waals surface area contributed by atoms with Crippen molar-refractivity contribution in [3.63, 3.8) is 0 Å². The van der Waals surface area contributed by atoms with Gasteiger partial charge in [-0.15, -0.1) is 0 Å². The van der Waals surface area contributed by atoms with Crippen LogP contribution in [0.25, 0.3) is 0 Å². The highest BCUT2D eigenvalue weighted by Crippen LogP contribution is 2.12. The Bertz CT molecular complexity index is 586. The average Bonchev–Trinajstić information content (AvgIpc) is 2.57. The van der Waals surface area contributed by atoms with Gasteiger partial charge in [-0.2, -0.15) is 0 Å². The smallest absolute Gasteiger partial charge is 0.325 e. The minimum atomic E-state index is -0.682. The van der Waals surface area contributed by atoms with Crippen molar-refractivity contribution in [3.05, 3.63) is 29.8 Å². The number of benzene rings is 1. The molecule has 0 aliphatic heterocycles. The van der Waals surface area contributed by atoms with Crippen LogP contribution in [0.3, 0.4) is 0 Å². The average molecular weight is 336 g/mol. The molecule has 132 valence electrons. The van der Waals surface area contributed by atoms with Crippen molar-refractivity contribution in [1.29, 1.82) is 0 Å². The first-order chi connectivity index (χ1) is 11.3. The van der Waals surface area contributed by atoms with Gasteiger partial charge in [0.15, 0.2) is 6.61 Å². The van der Waals surface area contributed by atoms with E-state index in [1.54, 1.807) is 24.3 Å². The van der Waals surface area contributed by atoms with Crippen LogP contribution in [0, 0.1) is 5.92 Å². The Kier molecular flexibility index (Phi) is 7.74. The maximum Gasteiger partial charge on any atom is 0.325 e. The first-order valence-corrected chi connectivity index (χ1v) is 7.70. The molecular weight excluding hydrogens is 312 g/mol. The lowest BCUT2D eigenvalue weighted by Crippen LogP contribution is -2.39. The standard InChI is InChI=1S/C17H24N2O5/c1-11(2)12(3)19-15(20)10-24-16(21)9-18-17(22)13-6-5-7-14(8-13)23-4/h5-8,11-12H,9-10H2,1-4H3,(H,18,22)(H,19,20). The van der Waals surface area contributed by atoms with E-state index in [1.807, 2.05) is 20.8 Å². The van der Waals surface area contributed by atoms with Crippen molar-refractivity contribution in [1.82, 2.24) is 10.6 Å². The van der Waals surface area contributed by atoms with Crippen molar-refractivity contribution >= 4 is 17.8 Å². The first kappa shape index (κ1) is 19.5. The molecule has 0 saturated heterocycles. The lowest BCUT2D eigenvalue weighted by molar-refractivity contribution is -0.147. The van der Waals surface area contributed by atoms with Crippen molar-refractivity contribution in [2.75, 3.05) is 20.3 Å². The van der Waals surface area contributed by atoms with Gasteiger partial charge in [0.05, 0.1) is 7.11 Å². The molecule has 7 nitrogen and oxygen atoms in total. The Morgan fingerprint density at radius 1 is 1.17 bits per heavy atom. The molecule has 2 amide bonds. The van der Waals surface area contributed by atoms with E-state index < -0.39 is 11.9 Å². The van der Waals surface area contributed by atoms with Crippen molar-refractivity contribution in [2.45, 2.75) is 26.8 Å². The van der Waals surface area contributed by atoms with Gasteiger partial charge in [-0.05, 0) is 31.0 Å². The number of hydrogen-bond acceptors (Lipinski definition) is 5. The highest BCUT2D eigenvalue weighted by molar-refractivity contribution is 5.96. The van der Waals surface area contributed by atoms with Crippen LogP contribution < -0.4 is 15.4 Å². The Morgan fingerprint density at radius 2 is 1.88 bits per heavy atom. The molecule has 0 radical (unpaired) electrons. The molecule has 1 aromatic carbocycles. The Hall–Kier alpha value is -2.57. The highest BCUT2D eigenvalue weighted by Gasteiger charge is 2.14. The number of rotatable bonds is 8. The van der Waals surface area contributed by atoms with Gasteiger partial charge in [0.1, 0.15) is 12.3 Å². The van der Waals surface area contributed by atoms with Gasteiger partial charge >= 0.3 is 5.97 Å². The summed E-state index contributed by atoms with van der Waals surface area (Å²) in [4.78, 5) is 35.1. The fourth-order valence-corrected chi connectivity index (χ4v) is 1.68. The molecule has 2 N–H and O–H groups in total. The van der Waals surface area contributed by atoms with E-state index in [4.69, 9.17) is 9.47 Å². The maximum absolute atomic E-state index is 11.9. The Labute approximate surface area is 141 Å². The first-order valence-electron chi connectivity index (χ1n) is 7.70. The molecule has 7 heteroatoms. The van der Waals surface area contributed by atoms with Crippen molar-refractivity contribution in [3.8, 4) is 5.75 Å². The highest BCUT2D eigenvalue weighted by atomic mass is 16.5. The van der Waals surface area contributed by atoms with Gasteiger partial charge in [-0.1, -0.05) is 19.9 Å². The van der Waals surface area contributed by atoms with E-state index in [2.05, 4.69) is 10.6 Å². The molecule has 0 spiro atoms. The number of nitrogens with one attached hydrogen (secondary N) is 2. The number of hydrogen-bond donors (Lipinski definition) is 2. The summed E-state index contributed by atoms with van der Waals surface area (Å²) >= 11 is 0. The summed E-state index contributed by atoms with van der Waals surface area (Å²) in [5.41, 5.74) is 0.366. The molecule has 0 aliphatic carbocycles. The summed E-state index contributed by atoms with van der Waals surface area (Å²) in [6.45, 7) is 5.14. The molecule has 1 atom stereocenters. The van der Waals surface area contributed by atoms with Gasteiger partial charge in [0.25, 0.3) is 11.8 Å². The van der Waals surface area contributed by atoms with Crippen LogP contribution >= 0.6 is 0 Å². The van der Waals surface area contributed by atoms with E-state index in [0.717, 1.165) is 0 Å². The molecule has 0 bridgehead atoms. The Morgan fingerprint density at radius 3 is 2.50 bits per heavy atom. The summed E-state index contributed by atoms with van der Waals surface area (Å²) < 4.78 is 9.85. The molecule has 1 aromatic rings. The molecular formula is C17H24N2O5. The molecule has 0 saturated carbocycles. The normalized spacial score (nSPS) is 11.5. The zero-order valence-electron chi connectivity index (χ0n) is 14.4. The maximum atomic E-state index is 11.9. The van der Waals surface area contributed by atoms with E-state index in [-0.39, 0.29) is 31.0 Å². The van der Waals surface area contributed by atoms with E-state index in [1.165, 1.54) is 7.11 Å². The second-order valence-electron chi connectivity index (χ2n) is 5.68. The van der Waals surface area contributed by atoms with E-state index in [0.29, 0.717) is 11.3 Å². The number of carbonyl (C=O) groups excluding carboxylic acids is 3. The molecule has 0 fully saturated rings. The number of methoxy groups -OCH3 is 1. The Balaban J connectivity index is 2.35. The van der Waals surface area contributed by atoms with Crippen LogP contribution in [0.15, 0.2) is 24.3 Å². The third kappa shape index (κ3) is 6.68. The second-order valence-corrected chi connectivity index (χ2v) is 5.68. The largest absolute Gasteiger partial charge is 0.497 e. The van der Waals surface area contributed by atoms with Crippen LogP contribution in [0.5, 0.6) is 5.75 Å². The fraction of sp³-hybridized carbons (Fsp3) is 0.471. The molecule has 0 aromatic heterocycles. The number of ether oxygens (including phenoxy) is 2. The topological polar surface area (TPSA) is 93.7 Å². The van der Waals surface area contributed by atoms with Gasteiger partial charge in [0, 0.05) is 11.6 Å². The van der Waals surface area contributed by atoms with Crippen molar-refractivity contribution < 1.29 is 23.9 Å². The lowest BCUT2D eigenvalue weighted by atomic mass is 10.1. The van der Waals surface area contributed by atoms with Crippen LogP contribution in [0.4, 0.5) is 0 Å². The number of carbonyl (C=O) groups is 3. The second kappa shape index (κ2) is 9.54. The summed E-state index contributed by atoms with van der Waals surface area (Å²) in [7, 11) is 1.50. The molecule has 1 rings (SSSR count). The third-order valence-corrected chi connectivity index (χ3v) is 3.48. The lowest BCUT2D eigenvalue weighted by Gasteiger charge is -2.17. The van der Waals surface area contributed by atoms with Crippen LogP contribution in [-0.4, -0.2) is 44.1 Å². The van der Waals surface area contributed by atoms with Gasteiger partial charge in [-0.25, -0.2) is 0 Å². The van der Waals surface area contributed by atoms with Crippen molar-refractivity contribution in [2.24, 2.45) is 5.92 Å². The third-order valence-electron chi connectivity index (χ3n) is 3.48. The van der Waals surface area contributed by atoms with Crippen LogP contribution in [-0.2, 0) is 14.3 Å². The zero-order chi connectivity index (χ0) is 18.1. The van der Waals surface area contributed by atoms with Gasteiger partial charge < -0.3 is 20.1 Å². The van der Waals surface area contributed by atoms with Crippen LogP contribution in [0.1, 0.15) is 31.1 Å². The minimum absolute atomic E-state index is 0.0102. The molecule has 0 aliphatic rings. The summed E-state index contributed by atoms with van der Waals surface area (Å²) in [5.74, 6) is -0.654. The van der Waals surface area contributed by atoms with Gasteiger partial charge in [-0.3, -0.25) is 14.4 Å². The quantitative estimate of drug-likeness (QED) is 0.694.